The van der Waals surface area contributed by atoms with E-state index in [0.717, 1.165) is 12.0 Å². The number of allylic oxidation sites excluding steroid dienone is 2. The van der Waals surface area contributed by atoms with E-state index in [1.165, 1.54) is 0 Å². The second-order valence-electron chi connectivity index (χ2n) is 6.12. The Morgan fingerprint density at radius 3 is 2.00 bits per heavy atom. The first-order valence-corrected chi connectivity index (χ1v) is 5.99. The molecule has 0 aromatic carbocycles. The molecule has 0 unspecified atom stereocenters. The normalized spacial score (nSPS) is 20.5. The summed E-state index contributed by atoms with van der Waals surface area (Å²) < 4.78 is 0. The summed E-state index contributed by atoms with van der Waals surface area (Å²) in [4.78, 5) is 23.9. The van der Waals surface area contributed by atoms with E-state index in [1.54, 1.807) is 0 Å². The van der Waals surface area contributed by atoms with Gasteiger partial charge in [-0.3, -0.25) is 9.59 Å². The number of rotatable bonds is 2. The average Bonchev–Trinajstić information content (AvgIpc) is 1.96. The summed E-state index contributed by atoms with van der Waals surface area (Å²) in [7, 11) is 0. The molecule has 1 fully saturated rings. The molecule has 0 amide bonds. The smallest absolute Gasteiger partial charge is 0.166 e. The van der Waals surface area contributed by atoms with Crippen molar-refractivity contribution in [3.05, 3.63) is 11.1 Å². The molecule has 0 N–H and O–H groups in total. The molecular formula is C14H22O2. The Kier molecular flexibility index (Phi) is 3.72. The molecule has 0 aliphatic heterocycles. The molecule has 16 heavy (non-hydrogen) atoms. The highest BCUT2D eigenvalue weighted by atomic mass is 16.1. The molecule has 1 aliphatic rings. The van der Waals surface area contributed by atoms with Gasteiger partial charge in [0.2, 0.25) is 0 Å². The Balaban J connectivity index is 2.98. The van der Waals surface area contributed by atoms with Crippen molar-refractivity contribution in [2.45, 2.75) is 53.9 Å². The second kappa shape index (κ2) is 4.52. The van der Waals surface area contributed by atoms with Crippen LogP contribution in [0.15, 0.2) is 11.1 Å². The summed E-state index contributed by atoms with van der Waals surface area (Å²) in [5, 5.41) is 0. The molecule has 2 nitrogen and oxygen atoms in total. The molecule has 90 valence electrons. The lowest BCUT2D eigenvalue weighted by Gasteiger charge is -2.29. The lowest BCUT2D eigenvalue weighted by Crippen LogP contribution is -2.32. The number of hydrogen-bond acceptors (Lipinski definition) is 2. The fourth-order valence-electron chi connectivity index (χ4n) is 2.45. The van der Waals surface area contributed by atoms with Gasteiger partial charge in [-0.05, 0) is 24.7 Å². The molecule has 0 spiro atoms. The zero-order chi connectivity index (χ0) is 12.5. The summed E-state index contributed by atoms with van der Waals surface area (Å²) in [6, 6.07) is 0. The molecule has 0 aromatic rings. The van der Waals surface area contributed by atoms with Crippen LogP contribution in [0.4, 0.5) is 0 Å². The first kappa shape index (κ1) is 13.1. The van der Waals surface area contributed by atoms with Crippen molar-refractivity contribution in [3.8, 4) is 0 Å². The van der Waals surface area contributed by atoms with E-state index in [1.807, 2.05) is 20.8 Å². The maximum atomic E-state index is 12.0. The molecule has 0 radical (unpaired) electrons. The highest BCUT2D eigenvalue weighted by molar-refractivity contribution is 6.22. The maximum Gasteiger partial charge on any atom is 0.166 e. The van der Waals surface area contributed by atoms with E-state index < -0.39 is 0 Å². The van der Waals surface area contributed by atoms with Gasteiger partial charge in [-0.2, -0.15) is 0 Å². The van der Waals surface area contributed by atoms with Crippen LogP contribution < -0.4 is 0 Å². The van der Waals surface area contributed by atoms with Gasteiger partial charge in [0.15, 0.2) is 11.6 Å². The third-order valence-electron chi connectivity index (χ3n) is 2.98. The van der Waals surface area contributed by atoms with E-state index >= 15 is 0 Å². The van der Waals surface area contributed by atoms with Crippen molar-refractivity contribution in [1.82, 2.24) is 0 Å². The van der Waals surface area contributed by atoms with E-state index in [0.29, 0.717) is 24.3 Å². The summed E-state index contributed by atoms with van der Waals surface area (Å²) in [5.74, 6) is 0.571. The van der Waals surface area contributed by atoms with Gasteiger partial charge < -0.3 is 0 Å². The SMILES string of the molecule is CC(CC(C)C)=C1C(=O)CC(C)(C)CC1=O. The number of carbonyl (C=O) groups excluding carboxylic acids is 2. The van der Waals surface area contributed by atoms with Gasteiger partial charge in [0.1, 0.15) is 0 Å². The Morgan fingerprint density at radius 2 is 1.62 bits per heavy atom. The van der Waals surface area contributed by atoms with E-state index in [4.69, 9.17) is 0 Å². The van der Waals surface area contributed by atoms with Gasteiger partial charge in [0.05, 0.1) is 5.57 Å². The van der Waals surface area contributed by atoms with Gasteiger partial charge in [-0.1, -0.05) is 33.3 Å². The largest absolute Gasteiger partial charge is 0.294 e. The first-order chi connectivity index (χ1) is 7.23. The topological polar surface area (TPSA) is 34.1 Å². The van der Waals surface area contributed by atoms with Gasteiger partial charge in [-0.15, -0.1) is 0 Å². The molecular weight excluding hydrogens is 200 g/mol. The van der Waals surface area contributed by atoms with Crippen LogP contribution in [0.1, 0.15) is 53.9 Å². The quantitative estimate of drug-likeness (QED) is 0.530. The molecule has 0 bridgehead atoms. The highest BCUT2D eigenvalue weighted by Crippen LogP contribution is 2.35. The zero-order valence-electron chi connectivity index (χ0n) is 11.0. The van der Waals surface area contributed by atoms with Crippen LogP contribution in [0.5, 0.6) is 0 Å². The third kappa shape index (κ3) is 3.03. The van der Waals surface area contributed by atoms with E-state index in [2.05, 4.69) is 13.8 Å². The Labute approximate surface area is 98.1 Å². The van der Waals surface area contributed by atoms with Gasteiger partial charge in [0, 0.05) is 12.8 Å². The van der Waals surface area contributed by atoms with Crippen molar-refractivity contribution in [2.24, 2.45) is 11.3 Å². The summed E-state index contributed by atoms with van der Waals surface area (Å²) >= 11 is 0. The van der Waals surface area contributed by atoms with Crippen molar-refractivity contribution < 1.29 is 9.59 Å². The fraction of sp³-hybridized carbons (Fsp3) is 0.714. The lowest BCUT2D eigenvalue weighted by molar-refractivity contribution is -0.127. The Morgan fingerprint density at radius 1 is 1.19 bits per heavy atom. The Hall–Kier alpha value is -0.920. The van der Waals surface area contributed by atoms with Crippen molar-refractivity contribution in [2.75, 3.05) is 0 Å². The van der Waals surface area contributed by atoms with Crippen LogP contribution in [0.2, 0.25) is 0 Å². The molecule has 1 rings (SSSR count). The minimum Gasteiger partial charge on any atom is -0.294 e. The van der Waals surface area contributed by atoms with Crippen LogP contribution >= 0.6 is 0 Å². The molecule has 0 aromatic heterocycles. The number of hydrogen-bond donors (Lipinski definition) is 0. The third-order valence-corrected chi connectivity index (χ3v) is 2.98. The van der Waals surface area contributed by atoms with Crippen molar-refractivity contribution in [1.29, 1.82) is 0 Å². The Bertz CT molecular complexity index is 324. The second-order valence-corrected chi connectivity index (χ2v) is 6.12. The predicted octanol–water partition coefficient (Wildman–Crippen LogP) is 3.31. The number of ketones is 2. The maximum absolute atomic E-state index is 12.0. The van der Waals surface area contributed by atoms with Crippen LogP contribution in [0.3, 0.4) is 0 Å². The molecule has 0 atom stereocenters. The fourth-order valence-corrected chi connectivity index (χ4v) is 2.45. The first-order valence-electron chi connectivity index (χ1n) is 5.99. The number of Topliss-reactive ketones (excluding diaryl/α,β-unsaturated/α-hetero) is 2. The standard InChI is InChI=1S/C14H22O2/c1-9(2)6-10(3)13-11(15)7-14(4,5)8-12(13)16/h9H,6-8H2,1-5H3. The van der Waals surface area contributed by atoms with Crippen LogP contribution in [0, 0.1) is 11.3 Å². The van der Waals surface area contributed by atoms with Crippen molar-refractivity contribution >= 4 is 11.6 Å². The minimum absolute atomic E-state index is 0.0411. The van der Waals surface area contributed by atoms with Gasteiger partial charge >= 0.3 is 0 Å². The monoisotopic (exact) mass is 222 g/mol. The molecule has 0 heterocycles. The van der Waals surface area contributed by atoms with Crippen molar-refractivity contribution in [3.63, 3.8) is 0 Å². The minimum atomic E-state index is -0.157. The van der Waals surface area contributed by atoms with Gasteiger partial charge in [0.25, 0.3) is 0 Å². The van der Waals surface area contributed by atoms with Crippen LogP contribution in [0.25, 0.3) is 0 Å². The average molecular weight is 222 g/mol. The summed E-state index contributed by atoms with van der Waals surface area (Å²) in [5.41, 5.74) is 1.31. The lowest BCUT2D eigenvalue weighted by atomic mass is 9.72. The summed E-state index contributed by atoms with van der Waals surface area (Å²) in [6.07, 6.45) is 1.85. The molecule has 1 aliphatic carbocycles. The summed E-state index contributed by atoms with van der Waals surface area (Å²) in [6.45, 7) is 10.1. The molecule has 0 saturated heterocycles. The van der Waals surface area contributed by atoms with Gasteiger partial charge in [-0.25, -0.2) is 0 Å². The van der Waals surface area contributed by atoms with E-state index in [9.17, 15) is 9.59 Å². The number of carbonyl (C=O) groups is 2. The van der Waals surface area contributed by atoms with E-state index in [-0.39, 0.29) is 17.0 Å². The van der Waals surface area contributed by atoms with Crippen LogP contribution in [-0.2, 0) is 9.59 Å². The molecule has 1 saturated carbocycles. The predicted molar refractivity (Wildman–Crippen MR) is 65.2 cm³/mol. The highest BCUT2D eigenvalue weighted by Gasteiger charge is 2.36. The van der Waals surface area contributed by atoms with Crippen LogP contribution in [-0.4, -0.2) is 11.6 Å². The molecule has 2 heteroatoms. The zero-order valence-corrected chi connectivity index (χ0v) is 11.0.